The number of nitrogen functional groups attached to an aromatic ring is 6. The summed E-state index contributed by atoms with van der Waals surface area (Å²) in [5.74, 6) is 32.5. The average molecular weight is 1570 g/mol. The molecule has 42 nitrogen and oxygen atoms in total. The summed E-state index contributed by atoms with van der Waals surface area (Å²) in [6.07, 6.45) is 6.92. The SMILES string of the molecule is CC#CC(=O)NNc1nc(N)nc2c1cnn2CCCl.CC#CC(=O)O.CC#CC(=O)OC(=O)OC(C)C.CC#Cc1nc2c3cnn(CCCl)c3nc(N)n2n1.CC#Cc1nc2c3cnn(CCCl)c3nc(N)n2n1.CNNc1nc(N)nc2c1cnn2CCCl.NNc1nc(N)nc2c1cnn2CCCl. The van der Waals surface area contributed by atoms with Gasteiger partial charge in [0, 0.05) is 48.3 Å². The van der Waals surface area contributed by atoms with Gasteiger partial charge in [-0.15, -0.1) is 68.2 Å². The predicted molar refractivity (Wildman–Crippen MR) is 403 cm³/mol. The maximum Gasteiger partial charge on any atom is 0.517 e. The molecule has 12 aromatic heterocycles. The van der Waals surface area contributed by atoms with Gasteiger partial charge in [0.15, 0.2) is 57.0 Å². The summed E-state index contributed by atoms with van der Waals surface area (Å²) in [6, 6.07) is 0. The molecule has 47 heteroatoms. The third-order valence-corrected chi connectivity index (χ3v) is 13.4. The number of carbonyl (C=O) groups excluding carboxylic acids is 3. The Bertz CT molecular complexity index is 5310. The molecule has 0 aliphatic rings. The van der Waals surface area contributed by atoms with Gasteiger partial charge in [-0.3, -0.25) is 15.6 Å². The second-order valence-electron chi connectivity index (χ2n) is 20.1. The number of carbonyl (C=O) groups is 4. The van der Waals surface area contributed by atoms with Crippen molar-refractivity contribution in [2.75, 3.05) is 81.4 Å². The van der Waals surface area contributed by atoms with E-state index in [-0.39, 0.29) is 35.8 Å². The molecule has 0 saturated carbocycles. The van der Waals surface area contributed by atoms with Gasteiger partial charge in [-0.1, -0.05) is 29.6 Å². The lowest BCUT2D eigenvalue weighted by Gasteiger charge is -2.07. The number of nitrogens with two attached hydrogens (primary N) is 6. The molecule has 0 fully saturated rings. The summed E-state index contributed by atoms with van der Waals surface area (Å²) in [4.78, 5) is 83.4. The Hall–Kier alpha value is -12.9. The Morgan fingerprint density at radius 2 is 0.832 bits per heavy atom. The van der Waals surface area contributed by atoms with Crippen molar-refractivity contribution in [3.63, 3.8) is 0 Å². The van der Waals surface area contributed by atoms with E-state index in [0.29, 0.717) is 136 Å². The fourth-order valence-corrected chi connectivity index (χ4v) is 9.38. The molecular weight excluding hydrogens is 1500 g/mol. The first-order valence-corrected chi connectivity index (χ1v) is 33.4. The molecule has 12 aromatic rings. The summed E-state index contributed by atoms with van der Waals surface area (Å²) in [5, 5.41) is 40.7. The van der Waals surface area contributed by atoms with Crippen LogP contribution in [0.2, 0.25) is 0 Å². The Morgan fingerprint density at radius 3 is 1.16 bits per heavy atom. The van der Waals surface area contributed by atoms with Crippen LogP contribution >= 0.6 is 58.0 Å². The number of esters is 1. The summed E-state index contributed by atoms with van der Waals surface area (Å²) >= 11 is 28.4. The number of ether oxygens (including phenoxy) is 2. The molecule has 0 unspecified atom stereocenters. The normalized spacial score (nSPS) is 10.1. The zero-order chi connectivity index (χ0) is 78.3. The molecular formula is C60H68Cl5N35O7. The summed E-state index contributed by atoms with van der Waals surface area (Å²) < 4.78 is 19.9. The Morgan fingerprint density at radius 1 is 0.477 bits per heavy atom. The highest BCUT2D eigenvalue weighted by molar-refractivity contribution is 6.18. The molecule has 0 aliphatic carbocycles. The van der Waals surface area contributed by atoms with Crippen molar-refractivity contribution in [2.45, 2.75) is 87.3 Å². The zero-order valence-electron chi connectivity index (χ0n) is 58.0. The van der Waals surface area contributed by atoms with E-state index in [1.807, 2.05) is 11.8 Å². The van der Waals surface area contributed by atoms with Crippen LogP contribution in [0.3, 0.4) is 0 Å². The molecule has 18 N–H and O–H groups in total. The van der Waals surface area contributed by atoms with E-state index in [1.165, 1.54) is 22.9 Å². The van der Waals surface area contributed by atoms with Crippen molar-refractivity contribution in [2.24, 2.45) is 5.84 Å². The smallest absolute Gasteiger partial charge is 0.472 e. The minimum Gasteiger partial charge on any atom is -0.472 e. The monoisotopic (exact) mass is 1570 g/mol. The van der Waals surface area contributed by atoms with Crippen LogP contribution < -0.4 is 61.6 Å². The van der Waals surface area contributed by atoms with Crippen molar-refractivity contribution < 1.29 is 33.8 Å². The molecule has 12 rings (SSSR count). The Kier molecular flexibility index (Phi) is 32.2. The number of carboxylic acid groups (broad SMARTS) is 1. The van der Waals surface area contributed by atoms with Crippen LogP contribution in [0.5, 0.6) is 0 Å². The summed E-state index contributed by atoms with van der Waals surface area (Å²) in [7, 11) is 1.74. The molecule has 0 aliphatic heterocycles. The minimum atomic E-state index is -1.07. The number of nitrogens with one attached hydrogen (secondary N) is 5. The molecule has 0 spiro atoms. The van der Waals surface area contributed by atoms with E-state index >= 15 is 0 Å². The van der Waals surface area contributed by atoms with Gasteiger partial charge in [-0.05, 0) is 66.2 Å². The lowest BCUT2D eigenvalue weighted by molar-refractivity contribution is -0.134. The quantitative estimate of drug-likeness (QED) is 0.0126. The Labute approximate surface area is 631 Å². The van der Waals surface area contributed by atoms with Crippen LogP contribution in [0.4, 0.5) is 52.0 Å². The highest BCUT2D eigenvalue weighted by Gasteiger charge is 2.19. The second kappa shape index (κ2) is 41.4. The Balaban J connectivity index is 0.000000199. The summed E-state index contributed by atoms with van der Waals surface area (Å²) in [5.41, 5.74) is 46.0. The van der Waals surface area contributed by atoms with Gasteiger partial charge in [0.1, 0.15) is 0 Å². The topological polar surface area (TPSA) is 576 Å². The number of anilines is 8. The van der Waals surface area contributed by atoms with E-state index < -0.39 is 24.0 Å². The number of hydrogen-bond acceptors (Lipinski definition) is 33. The van der Waals surface area contributed by atoms with Crippen LogP contribution in [-0.2, 0) is 56.6 Å². The number of rotatable bonds is 16. The number of aliphatic carboxylic acids is 1. The molecule has 1 amide bonds. The number of halogens is 5. The van der Waals surface area contributed by atoms with Crippen LogP contribution in [-0.4, -0.2) is 190 Å². The van der Waals surface area contributed by atoms with Gasteiger partial charge in [0.05, 0.1) is 96.7 Å². The first-order valence-electron chi connectivity index (χ1n) is 30.8. The van der Waals surface area contributed by atoms with Gasteiger partial charge < -0.3 is 54.1 Å². The van der Waals surface area contributed by atoms with Gasteiger partial charge in [-0.2, -0.15) is 84.4 Å². The minimum absolute atomic E-state index is 0.0622. The molecule has 560 valence electrons. The highest BCUT2D eigenvalue weighted by atomic mass is 35.5. The van der Waals surface area contributed by atoms with E-state index in [2.05, 4.69) is 169 Å². The number of aromatic nitrogens is 24. The van der Waals surface area contributed by atoms with Crippen molar-refractivity contribution >= 4 is 196 Å². The average Bonchev–Trinajstić information content (AvgIpc) is 1.62. The predicted octanol–water partition coefficient (Wildman–Crippen LogP) is 2.77. The van der Waals surface area contributed by atoms with E-state index in [9.17, 15) is 19.2 Å². The molecule has 0 bridgehead atoms. The highest BCUT2D eigenvalue weighted by Crippen LogP contribution is 2.25. The number of amides is 1. The molecule has 0 atom stereocenters. The van der Waals surface area contributed by atoms with E-state index in [0.717, 1.165) is 21.5 Å². The largest absolute Gasteiger partial charge is 0.517 e. The van der Waals surface area contributed by atoms with Gasteiger partial charge >= 0.3 is 24.0 Å². The number of carboxylic acids is 1. The third kappa shape index (κ3) is 22.8. The standard InChI is InChI=1S/C11H12ClN7O.2C11H10ClN7.C8H12ClN7.C8H10O4.C7H10ClN7.C4H4O2/c1-2-3-8(20)17-18-9-7-6-14-19(5-4-12)10(7)16-11(13)15-9;2*1-2-3-8-15-10-7-6-14-18(5-4-12)9(7)16-11(13)19(10)17-8;1-11-15-6-5-4-12-16(3-2-9)7(5)14-8(10)13-6;1-4-5-7(9)12-8(10)11-6(2)3;8-1-2-15-6-4(3-11-15)5(14-10)12-7(9)13-6;1-2-3-4(5)6/h6H,4-5H2,1H3,(H,17,20)(H3,13,15,16,18);2*6H,4-5H2,1H3,(H2,13,16);4,11H,2-3H2,1H3,(H3,10,13,14,15);6H,1-3H3;3H,1-2,10H2,(H3,9,12,13,14);1H3,(H,5,6). The van der Waals surface area contributed by atoms with E-state index in [4.69, 9.17) is 97.6 Å². The number of nitrogens with zero attached hydrogens (tertiary/aromatic N) is 24. The van der Waals surface area contributed by atoms with Gasteiger partial charge in [0.2, 0.25) is 41.4 Å². The maximum atomic E-state index is 11.3. The fraction of sp³-hybridized carbons (Fsp3) is 0.317. The van der Waals surface area contributed by atoms with E-state index in [1.54, 1.807) is 96.1 Å². The number of fused-ring (bicyclic) bond motifs is 9. The van der Waals surface area contributed by atoms with Crippen molar-refractivity contribution in [1.29, 1.82) is 0 Å². The zero-order valence-corrected chi connectivity index (χ0v) is 61.8. The van der Waals surface area contributed by atoms with Crippen molar-refractivity contribution in [3.8, 4) is 59.2 Å². The van der Waals surface area contributed by atoms with Gasteiger partial charge in [0.25, 0.3) is 0 Å². The lowest BCUT2D eigenvalue weighted by Crippen LogP contribution is -2.28. The number of aryl methyl sites for hydroxylation is 5. The molecule has 12 heterocycles. The number of hydrogen-bond donors (Lipinski definition) is 12. The molecule has 107 heavy (non-hydrogen) atoms. The fourth-order valence-electron chi connectivity index (χ4n) is 8.58. The molecule has 0 saturated heterocycles. The lowest BCUT2D eigenvalue weighted by atomic mass is 10.4. The first-order chi connectivity index (χ1) is 51.5. The van der Waals surface area contributed by atoms with Crippen LogP contribution in [0.25, 0.3) is 66.5 Å². The number of alkyl halides is 5. The van der Waals surface area contributed by atoms with Crippen LogP contribution in [0.1, 0.15) is 60.1 Å². The summed E-state index contributed by atoms with van der Waals surface area (Å²) in [6.45, 7) is 14.0. The third-order valence-electron chi connectivity index (χ3n) is 12.6. The second-order valence-corrected chi connectivity index (χ2v) is 22.0. The first kappa shape index (κ1) is 83.1. The maximum absolute atomic E-state index is 11.3. The molecule has 0 radical (unpaired) electrons. The van der Waals surface area contributed by atoms with Crippen LogP contribution in [0, 0.1) is 59.2 Å². The van der Waals surface area contributed by atoms with Crippen molar-refractivity contribution in [3.05, 3.63) is 42.6 Å². The van der Waals surface area contributed by atoms with Gasteiger partial charge in [-0.25, -0.2) is 49.1 Å². The molecule has 0 aromatic carbocycles. The van der Waals surface area contributed by atoms with Crippen molar-refractivity contribution in [1.82, 2.24) is 129 Å². The van der Waals surface area contributed by atoms with Crippen LogP contribution in [0.15, 0.2) is 31.0 Å². The number of hydrazine groups is 3.